The largest absolute Gasteiger partial charge is 0.496 e. The van der Waals surface area contributed by atoms with E-state index in [0.29, 0.717) is 18.7 Å². The summed E-state index contributed by atoms with van der Waals surface area (Å²) in [7, 11) is -0.413. The second kappa shape index (κ2) is 6.41. The molecule has 7 heteroatoms. The normalized spacial score (nSPS) is 18.3. The standard InChI is InChI=1S/C15H19BN4O2/c1-14(2)15(3,4)22-16(21-14)12-8-9-13(18-11-12)7-5-6-10-19-20-17/h8-9,11H,6,10H2,1-4H3. The van der Waals surface area contributed by atoms with Gasteiger partial charge in [0.1, 0.15) is 5.69 Å². The Balaban J connectivity index is 2.02. The van der Waals surface area contributed by atoms with Gasteiger partial charge in [-0.15, -0.1) is 0 Å². The first kappa shape index (κ1) is 16.4. The maximum atomic E-state index is 8.16. The molecular formula is C15H19BN4O2. The minimum Gasteiger partial charge on any atom is -0.399 e. The van der Waals surface area contributed by atoms with Crippen molar-refractivity contribution >= 4 is 12.6 Å². The smallest absolute Gasteiger partial charge is 0.399 e. The zero-order chi connectivity index (χ0) is 16.2. The Hall–Kier alpha value is -2.00. The van der Waals surface area contributed by atoms with Gasteiger partial charge in [0, 0.05) is 29.5 Å². The van der Waals surface area contributed by atoms with E-state index >= 15 is 0 Å². The Kier molecular flexibility index (Phi) is 4.77. The highest BCUT2D eigenvalue weighted by atomic mass is 16.7. The molecule has 0 bridgehead atoms. The van der Waals surface area contributed by atoms with Crippen molar-refractivity contribution in [1.29, 1.82) is 0 Å². The van der Waals surface area contributed by atoms with Crippen LogP contribution in [0.2, 0.25) is 0 Å². The van der Waals surface area contributed by atoms with E-state index in [4.69, 9.17) is 14.8 Å². The van der Waals surface area contributed by atoms with Gasteiger partial charge in [0.05, 0.1) is 11.2 Å². The number of azide groups is 1. The van der Waals surface area contributed by atoms with E-state index in [9.17, 15) is 0 Å². The second-order valence-electron chi connectivity index (χ2n) is 6.07. The predicted molar refractivity (Wildman–Crippen MR) is 85.5 cm³/mol. The number of pyridine rings is 1. The summed E-state index contributed by atoms with van der Waals surface area (Å²) in [4.78, 5) is 6.97. The Bertz CT molecular complexity index is 624. The van der Waals surface area contributed by atoms with E-state index in [-0.39, 0.29) is 11.2 Å². The van der Waals surface area contributed by atoms with Crippen molar-refractivity contribution in [2.75, 3.05) is 6.54 Å². The lowest BCUT2D eigenvalue weighted by Gasteiger charge is -2.32. The fraction of sp³-hybridized carbons (Fsp3) is 0.533. The Morgan fingerprint density at radius 3 is 2.50 bits per heavy atom. The minimum absolute atomic E-state index is 0.364. The fourth-order valence-electron chi connectivity index (χ4n) is 1.90. The molecule has 1 aromatic rings. The number of nitrogens with zero attached hydrogens (tertiary/aromatic N) is 4. The summed E-state index contributed by atoms with van der Waals surface area (Å²) in [6.07, 6.45) is 2.24. The lowest BCUT2D eigenvalue weighted by molar-refractivity contribution is 0.00578. The summed E-state index contributed by atoms with van der Waals surface area (Å²) in [6, 6.07) is 3.74. The van der Waals surface area contributed by atoms with Gasteiger partial charge in [-0.1, -0.05) is 17.1 Å². The third kappa shape index (κ3) is 3.60. The van der Waals surface area contributed by atoms with Gasteiger partial charge >= 0.3 is 7.12 Å². The molecule has 2 heterocycles. The zero-order valence-corrected chi connectivity index (χ0v) is 13.3. The number of hydrogen-bond acceptors (Lipinski definition) is 4. The van der Waals surface area contributed by atoms with Crippen LogP contribution < -0.4 is 5.46 Å². The Morgan fingerprint density at radius 1 is 1.27 bits per heavy atom. The van der Waals surface area contributed by atoms with Crippen LogP contribution in [-0.4, -0.2) is 29.8 Å². The molecule has 0 radical (unpaired) electrons. The third-order valence-electron chi connectivity index (χ3n) is 3.93. The van der Waals surface area contributed by atoms with E-state index in [1.54, 1.807) is 6.20 Å². The van der Waals surface area contributed by atoms with Crippen molar-refractivity contribution in [2.24, 2.45) is 5.11 Å². The molecule has 1 aliphatic heterocycles. The van der Waals surface area contributed by atoms with Gasteiger partial charge in [-0.2, -0.15) is 0 Å². The molecule has 0 aliphatic carbocycles. The lowest BCUT2D eigenvalue weighted by atomic mass is 9.80. The molecule has 2 rings (SSSR count). The Morgan fingerprint density at radius 2 is 1.95 bits per heavy atom. The van der Waals surface area contributed by atoms with Crippen molar-refractivity contribution < 1.29 is 9.31 Å². The van der Waals surface area contributed by atoms with Crippen molar-refractivity contribution in [3.8, 4) is 11.8 Å². The molecular weight excluding hydrogens is 279 g/mol. The first-order valence-electron chi connectivity index (χ1n) is 7.17. The predicted octanol–water partition coefficient (Wildman–Crippen LogP) is 2.43. The first-order chi connectivity index (χ1) is 10.4. The molecule has 1 fully saturated rings. The quantitative estimate of drug-likeness (QED) is 0.215. The molecule has 0 N–H and O–H groups in total. The van der Waals surface area contributed by atoms with Crippen molar-refractivity contribution in [3.63, 3.8) is 0 Å². The molecule has 0 aromatic carbocycles. The molecule has 114 valence electrons. The molecule has 1 aromatic heterocycles. The summed E-state index contributed by atoms with van der Waals surface area (Å²) >= 11 is 0. The molecule has 6 nitrogen and oxygen atoms in total. The van der Waals surface area contributed by atoms with Crippen molar-refractivity contribution in [3.05, 3.63) is 34.5 Å². The highest BCUT2D eigenvalue weighted by Crippen LogP contribution is 2.36. The first-order valence-corrected chi connectivity index (χ1v) is 7.17. The third-order valence-corrected chi connectivity index (χ3v) is 3.93. The van der Waals surface area contributed by atoms with Crippen molar-refractivity contribution in [1.82, 2.24) is 4.98 Å². The van der Waals surface area contributed by atoms with Crippen molar-refractivity contribution in [2.45, 2.75) is 45.3 Å². The van der Waals surface area contributed by atoms with E-state index < -0.39 is 7.12 Å². The van der Waals surface area contributed by atoms with Gasteiger partial charge in [0.2, 0.25) is 0 Å². The SMILES string of the molecule is CC1(C)OB(c2ccc(C#CCCN=[N+]=[N-])nc2)OC1(C)C. The van der Waals surface area contributed by atoms with E-state index in [2.05, 4.69) is 26.9 Å². The Labute approximate surface area is 131 Å². The van der Waals surface area contributed by atoms with Gasteiger partial charge in [0.25, 0.3) is 0 Å². The van der Waals surface area contributed by atoms with Crippen LogP contribution in [0.3, 0.4) is 0 Å². The van der Waals surface area contributed by atoms with Gasteiger partial charge in [-0.3, -0.25) is 0 Å². The van der Waals surface area contributed by atoms with E-state index in [1.165, 1.54) is 0 Å². The highest BCUT2D eigenvalue weighted by molar-refractivity contribution is 6.62. The van der Waals surface area contributed by atoms with Crippen LogP contribution in [0.5, 0.6) is 0 Å². The number of hydrogen-bond donors (Lipinski definition) is 0. The maximum Gasteiger partial charge on any atom is 0.496 e. The van der Waals surface area contributed by atoms with Crippen LogP contribution in [0, 0.1) is 11.8 Å². The van der Waals surface area contributed by atoms with Crippen LogP contribution in [0.25, 0.3) is 10.4 Å². The lowest BCUT2D eigenvalue weighted by Crippen LogP contribution is -2.41. The van der Waals surface area contributed by atoms with Crippen LogP contribution >= 0.6 is 0 Å². The number of rotatable bonds is 3. The highest BCUT2D eigenvalue weighted by Gasteiger charge is 2.51. The van der Waals surface area contributed by atoms with Gasteiger partial charge < -0.3 is 9.31 Å². The summed E-state index contributed by atoms with van der Waals surface area (Å²) in [5.74, 6) is 5.84. The summed E-state index contributed by atoms with van der Waals surface area (Å²) in [5.41, 5.74) is 8.98. The zero-order valence-electron chi connectivity index (χ0n) is 13.3. The molecule has 0 atom stereocenters. The summed E-state index contributed by atoms with van der Waals surface area (Å²) < 4.78 is 11.9. The molecule has 0 unspecified atom stereocenters. The summed E-state index contributed by atoms with van der Waals surface area (Å²) in [5, 5.41) is 3.42. The van der Waals surface area contributed by atoms with Crippen LogP contribution in [0.15, 0.2) is 23.4 Å². The molecule has 1 saturated heterocycles. The van der Waals surface area contributed by atoms with E-state index in [1.807, 2.05) is 39.8 Å². The van der Waals surface area contributed by atoms with Gasteiger partial charge in [0.15, 0.2) is 0 Å². The second-order valence-corrected chi connectivity index (χ2v) is 6.07. The van der Waals surface area contributed by atoms with Crippen LogP contribution in [-0.2, 0) is 9.31 Å². The molecule has 22 heavy (non-hydrogen) atoms. The average molecular weight is 298 g/mol. The maximum absolute atomic E-state index is 8.16. The molecule has 1 aliphatic rings. The minimum atomic E-state index is -0.413. The van der Waals surface area contributed by atoms with Gasteiger partial charge in [-0.05, 0) is 45.2 Å². The van der Waals surface area contributed by atoms with E-state index in [0.717, 1.165) is 5.46 Å². The molecule has 0 amide bonds. The average Bonchev–Trinajstić information content (AvgIpc) is 2.68. The van der Waals surface area contributed by atoms with Gasteiger partial charge in [-0.25, -0.2) is 4.98 Å². The monoisotopic (exact) mass is 298 g/mol. The van der Waals surface area contributed by atoms with Crippen LogP contribution in [0.1, 0.15) is 39.8 Å². The summed E-state index contributed by atoms with van der Waals surface area (Å²) in [6.45, 7) is 8.44. The topological polar surface area (TPSA) is 80.1 Å². The van der Waals surface area contributed by atoms with Crippen LogP contribution in [0.4, 0.5) is 0 Å². The molecule has 0 saturated carbocycles. The fourth-order valence-corrected chi connectivity index (χ4v) is 1.90. The number of aromatic nitrogens is 1. The molecule has 0 spiro atoms.